The maximum absolute atomic E-state index is 15.9. The van der Waals surface area contributed by atoms with E-state index in [9.17, 15) is 9.90 Å². The van der Waals surface area contributed by atoms with E-state index in [0.717, 1.165) is 25.3 Å². The molecule has 1 aliphatic carbocycles. The number of hydrogen-bond acceptors (Lipinski definition) is 6. The summed E-state index contributed by atoms with van der Waals surface area (Å²) in [5.41, 5.74) is 3.85. The summed E-state index contributed by atoms with van der Waals surface area (Å²) >= 11 is 6.42. The van der Waals surface area contributed by atoms with Crippen molar-refractivity contribution in [1.29, 1.82) is 0 Å². The summed E-state index contributed by atoms with van der Waals surface area (Å²) in [7, 11) is 0. The van der Waals surface area contributed by atoms with Gasteiger partial charge in [0.15, 0.2) is 17.2 Å². The molecule has 0 spiro atoms. The highest BCUT2D eigenvalue weighted by atomic mass is 35.5. The van der Waals surface area contributed by atoms with Crippen LogP contribution in [-0.2, 0) is 5.60 Å². The summed E-state index contributed by atoms with van der Waals surface area (Å²) in [6.07, 6.45) is 1.62. The van der Waals surface area contributed by atoms with Gasteiger partial charge < -0.3 is 30.7 Å². The number of nitrogens with one attached hydrogen (secondary N) is 1. The molecule has 2 atom stereocenters. The fourth-order valence-electron chi connectivity index (χ4n) is 5.06. The number of amides is 1. The molecule has 2 aliphatic rings. The molecule has 200 valence electrons. The van der Waals surface area contributed by atoms with Crippen molar-refractivity contribution in [1.82, 2.24) is 5.32 Å². The van der Waals surface area contributed by atoms with Crippen LogP contribution >= 0.6 is 11.6 Å². The lowest BCUT2D eigenvalue weighted by molar-refractivity contribution is -0.0349. The quantitative estimate of drug-likeness (QED) is 0.321. The molecule has 1 fully saturated rings. The van der Waals surface area contributed by atoms with Gasteiger partial charge in [0.1, 0.15) is 24.3 Å². The van der Waals surface area contributed by atoms with Crippen molar-refractivity contribution in [2.45, 2.75) is 37.0 Å². The Hall–Kier alpha value is -3.24. The van der Waals surface area contributed by atoms with Gasteiger partial charge in [0.2, 0.25) is 5.91 Å². The second-order valence-corrected chi connectivity index (χ2v) is 9.84. The lowest BCUT2D eigenvalue weighted by Gasteiger charge is -2.36. The van der Waals surface area contributed by atoms with Crippen LogP contribution in [0.5, 0.6) is 11.5 Å². The standard InChI is InChI=1S/C28H27ClF2N2O5/c29-24-18(30)13-20-22(23(24)21-17(27(32)36)9-10-19(25(21)31)37-12-11-34)26(35)28(38-20,14-33-16-7-4-8-16)15-5-2-1-3-6-15/h1-3,5-6,9-10,13,16,26,33-35H,4,7-8,11-12,14H2,(H2,32,36). The van der Waals surface area contributed by atoms with E-state index < -0.39 is 39.8 Å². The molecule has 5 rings (SSSR count). The molecule has 38 heavy (non-hydrogen) atoms. The first-order valence-corrected chi connectivity index (χ1v) is 12.7. The van der Waals surface area contributed by atoms with Crippen LogP contribution in [0.1, 0.15) is 46.9 Å². The number of hydrogen-bond donors (Lipinski definition) is 4. The highest BCUT2D eigenvalue weighted by Gasteiger charge is 2.52. The minimum atomic E-state index is -1.43. The molecule has 1 amide bonds. The molecule has 0 bridgehead atoms. The summed E-state index contributed by atoms with van der Waals surface area (Å²) in [4.78, 5) is 12.4. The van der Waals surface area contributed by atoms with Crippen LogP contribution in [0.2, 0.25) is 5.02 Å². The molecule has 7 nitrogen and oxygen atoms in total. The summed E-state index contributed by atoms with van der Waals surface area (Å²) in [5, 5.41) is 23.9. The van der Waals surface area contributed by atoms with Crippen molar-refractivity contribution < 1.29 is 33.3 Å². The summed E-state index contributed by atoms with van der Waals surface area (Å²) in [6, 6.07) is 12.7. The van der Waals surface area contributed by atoms with E-state index in [0.29, 0.717) is 5.56 Å². The smallest absolute Gasteiger partial charge is 0.249 e. The maximum atomic E-state index is 15.9. The van der Waals surface area contributed by atoms with E-state index in [1.54, 1.807) is 24.3 Å². The lowest BCUT2D eigenvalue weighted by Crippen LogP contribution is -2.49. The second kappa shape index (κ2) is 10.5. The Bertz CT molecular complexity index is 1370. The molecule has 0 aromatic heterocycles. The van der Waals surface area contributed by atoms with Gasteiger partial charge in [0, 0.05) is 35.3 Å². The number of carbonyl (C=O) groups is 1. The van der Waals surface area contributed by atoms with Gasteiger partial charge in [-0.25, -0.2) is 8.78 Å². The fourth-order valence-corrected chi connectivity index (χ4v) is 5.31. The molecule has 1 heterocycles. The first kappa shape index (κ1) is 26.4. The van der Waals surface area contributed by atoms with E-state index in [1.807, 2.05) is 6.07 Å². The van der Waals surface area contributed by atoms with E-state index >= 15 is 8.78 Å². The van der Waals surface area contributed by atoms with Crippen molar-refractivity contribution in [2.24, 2.45) is 5.73 Å². The number of benzene rings is 3. The van der Waals surface area contributed by atoms with E-state index in [-0.39, 0.29) is 54.0 Å². The average Bonchev–Trinajstić information content (AvgIpc) is 3.15. The Kier molecular flexibility index (Phi) is 7.28. The first-order chi connectivity index (χ1) is 18.3. The first-order valence-electron chi connectivity index (χ1n) is 12.3. The Morgan fingerprint density at radius 3 is 2.55 bits per heavy atom. The molecular formula is C28H27ClF2N2O5. The minimum absolute atomic E-state index is 0.0244. The van der Waals surface area contributed by atoms with E-state index in [4.69, 9.17) is 31.9 Å². The number of primary amides is 1. The monoisotopic (exact) mass is 544 g/mol. The third-order valence-electron chi connectivity index (χ3n) is 7.22. The summed E-state index contributed by atoms with van der Waals surface area (Å²) in [5.74, 6) is -3.30. The van der Waals surface area contributed by atoms with Crippen LogP contribution in [0.15, 0.2) is 48.5 Å². The molecule has 1 saturated carbocycles. The molecule has 3 aromatic carbocycles. The predicted molar refractivity (Wildman–Crippen MR) is 137 cm³/mol. The second-order valence-electron chi connectivity index (χ2n) is 9.46. The average molecular weight is 545 g/mol. The van der Waals surface area contributed by atoms with Gasteiger partial charge in [-0.3, -0.25) is 4.79 Å². The van der Waals surface area contributed by atoms with Crippen molar-refractivity contribution in [3.8, 4) is 22.6 Å². The van der Waals surface area contributed by atoms with Crippen molar-refractivity contribution in [3.63, 3.8) is 0 Å². The number of aliphatic hydroxyl groups excluding tert-OH is 2. The number of carbonyl (C=O) groups excluding carboxylic acids is 1. The third kappa shape index (κ3) is 4.39. The Morgan fingerprint density at radius 2 is 1.92 bits per heavy atom. The number of fused-ring (bicyclic) bond motifs is 1. The van der Waals surface area contributed by atoms with Crippen LogP contribution in [-0.4, -0.2) is 41.9 Å². The van der Waals surface area contributed by atoms with Gasteiger partial charge in [-0.2, -0.15) is 0 Å². The van der Waals surface area contributed by atoms with E-state index in [1.165, 1.54) is 12.1 Å². The van der Waals surface area contributed by atoms with Crippen LogP contribution in [0.25, 0.3) is 11.1 Å². The molecule has 2 unspecified atom stereocenters. The topological polar surface area (TPSA) is 114 Å². The van der Waals surface area contributed by atoms with Gasteiger partial charge in [0.25, 0.3) is 0 Å². The van der Waals surface area contributed by atoms with Gasteiger partial charge in [-0.15, -0.1) is 0 Å². The minimum Gasteiger partial charge on any atom is -0.488 e. The van der Waals surface area contributed by atoms with Gasteiger partial charge in [-0.1, -0.05) is 48.4 Å². The molecule has 0 radical (unpaired) electrons. The van der Waals surface area contributed by atoms with E-state index in [2.05, 4.69) is 5.32 Å². The Balaban J connectivity index is 1.72. The van der Waals surface area contributed by atoms with Crippen molar-refractivity contribution >= 4 is 17.5 Å². The highest BCUT2D eigenvalue weighted by molar-refractivity contribution is 6.34. The zero-order valence-corrected chi connectivity index (χ0v) is 21.1. The summed E-state index contributed by atoms with van der Waals surface area (Å²) < 4.78 is 42.7. The van der Waals surface area contributed by atoms with Crippen LogP contribution < -0.4 is 20.5 Å². The lowest BCUT2D eigenvalue weighted by atomic mass is 9.82. The summed E-state index contributed by atoms with van der Waals surface area (Å²) in [6.45, 7) is -0.430. The largest absolute Gasteiger partial charge is 0.488 e. The van der Waals surface area contributed by atoms with Crippen LogP contribution in [0.3, 0.4) is 0 Å². The van der Waals surface area contributed by atoms with Gasteiger partial charge in [0.05, 0.1) is 17.2 Å². The number of rotatable bonds is 9. The highest BCUT2D eigenvalue weighted by Crippen LogP contribution is 2.55. The maximum Gasteiger partial charge on any atom is 0.249 e. The molecule has 0 saturated heterocycles. The van der Waals surface area contributed by atoms with Gasteiger partial charge in [-0.05, 0) is 30.5 Å². The number of aliphatic hydroxyl groups is 2. The number of halogens is 3. The van der Waals surface area contributed by atoms with Crippen LogP contribution in [0.4, 0.5) is 8.78 Å². The molecule has 5 N–H and O–H groups in total. The fraction of sp³-hybridized carbons (Fsp3) is 0.321. The predicted octanol–water partition coefficient (Wildman–Crippen LogP) is 4.22. The zero-order chi connectivity index (χ0) is 27.0. The molecule has 1 aliphatic heterocycles. The zero-order valence-electron chi connectivity index (χ0n) is 20.3. The Morgan fingerprint density at radius 1 is 1.18 bits per heavy atom. The SMILES string of the molecule is NC(=O)c1ccc(OCCO)c(F)c1-c1c(Cl)c(F)cc2c1C(O)C(CNC1CCC1)(c1ccccc1)O2. The molecule has 10 heteroatoms. The van der Waals surface area contributed by atoms with Crippen molar-refractivity contribution in [2.75, 3.05) is 19.8 Å². The van der Waals surface area contributed by atoms with Crippen molar-refractivity contribution in [3.05, 3.63) is 81.9 Å². The normalized spacial score (nSPS) is 20.5. The molecule has 3 aromatic rings. The number of nitrogens with two attached hydrogens (primary N) is 1. The third-order valence-corrected chi connectivity index (χ3v) is 7.59. The number of ether oxygens (including phenoxy) is 2. The molecular weight excluding hydrogens is 518 g/mol. The Labute approximate surface area is 223 Å². The van der Waals surface area contributed by atoms with Gasteiger partial charge >= 0.3 is 0 Å². The van der Waals surface area contributed by atoms with Crippen LogP contribution in [0, 0.1) is 11.6 Å².